The molecule has 0 aliphatic heterocycles. The molecule has 0 bridgehead atoms. The number of alkyl halides is 5. The van der Waals surface area contributed by atoms with Crippen molar-refractivity contribution in [1.82, 2.24) is 24.7 Å². The second-order valence-electron chi connectivity index (χ2n) is 7.99. The summed E-state index contributed by atoms with van der Waals surface area (Å²) in [6.45, 7) is 3.44. The van der Waals surface area contributed by atoms with Gasteiger partial charge < -0.3 is 21.1 Å². The summed E-state index contributed by atoms with van der Waals surface area (Å²) >= 11 is 0. The predicted octanol–water partition coefficient (Wildman–Crippen LogP) is 5.45. The van der Waals surface area contributed by atoms with Crippen LogP contribution < -0.4 is 16.0 Å². The molecule has 0 saturated heterocycles. The summed E-state index contributed by atoms with van der Waals surface area (Å²) < 4.78 is 59.9. The minimum absolute atomic E-state index is 0.213. The molecular formula is C25H21F5N8O3. The number of pyridine rings is 1. The molecule has 0 aliphatic rings. The van der Waals surface area contributed by atoms with Crippen LogP contribution in [0.5, 0.6) is 0 Å². The largest absolute Gasteiger partial charge is 0.490 e. The Hall–Kier alpha value is -5.41. The van der Waals surface area contributed by atoms with Gasteiger partial charge in [0.2, 0.25) is 11.9 Å². The molecular weight excluding hydrogens is 555 g/mol. The first-order chi connectivity index (χ1) is 19.3. The quantitative estimate of drug-likeness (QED) is 0.159. The van der Waals surface area contributed by atoms with Gasteiger partial charge in [-0.3, -0.25) is 14.5 Å². The Bertz CT molecular complexity index is 1540. The normalized spacial score (nSPS) is 10.8. The van der Waals surface area contributed by atoms with E-state index in [1.165, 1.54) is 24.5 Å². The molecule has 0 spiro atoms. The maximum Gasteiger partial charge on any atom is 0.490 e. The van der Waals surface area contributed by atoms with Crippen molar-refractivity contribution in [2.45, 2.75) is 12.6 Å². The fourth-order valence-corrected chi connectivity index (χ4v) is 3.09. The molecule has 214 valence electrons. The van der Waals surface area contributed by atoms with E-state index in [0.29, 0.717) is 34.0 Å². The van der Waals surface area contributed by atoms with Crippen LogP contribution in [0.25, 0.3) is 11.1 Å². The Morgan fingerprint density at radius 1 is 1.05 bits per heavy atom. The van der Waals surface area contributed by atoms with Crippen LogP contribution in [-0.2, 0) is 16.6 Å². The first-order valence-corrected chi connectivity index (χ1v) is 11.3. The first kappa shape index (κ1) is 30.1. The third kappa shape index (κ3) is 8.81. The van der Waals surface area contributed by atoms with Crippen molar-refractivity contribution in [3.05, 3.63) is 79.5 Å². The zero-order chi connectivity index (χ0) is 30.2. The first-order valence-electron chi connectivity index (χ1n) is 11.3. The summed E-state index contributed by atoms with van der Waals surface area (Å²) in [6, 6.07) is 8.29. The van der Waals surface area contributed by atoms with E-state index < -0.39 is 18.6 Å². The van der Waals surface area contributed by atoms with E-state index in [9.17, 15) is 26.7 Å². The molecule has 0 atom stereocenters. The molecule has 4 aromatic rings. The highest BCUT2D eigenvalue weighted by atomic mass is 19.4. The van der Waals surface area contributed by atoms with Crippen molar-refractivity contribution in [2.24, 2.45) is 7.05 Å². The van der Waals surface area contributed by atoms with Crippen molar-refractivity contribution in [1.29, 1.82) is 0 Å². The molecule has 0 radical (unpaired) electrons. The second-order valence-corrected chi connectivity index (χ2v) is 7.99. The van der Waals surface area contributed by atoms with Crippen LogP contribution in [0.15, 0.2) is 74.0 Å². The lowest BCUT2D eigenvalue weighted by Crippen LogP contribution is -2.21. The lowest BCUT2D eigenvalue weighted by Gasteiger charge is -2.14. The number of aromatic nitrogens is 5. The number of nitrogens with one attached hydrogen (secondary N) is 3. The van der Waals surface area contributed by atoms with Crippen LogP contribution in [0.2, 0.25) is 0 Å². The van der Waals surface area contributed by atoms with Crippen LogP contribution in [0.1, 0.15) is 12.0 Å². The lowest BCUT2D eigenvalue weighted by molar-refractivity contribution is -0.192. The number of hydrogen-bond acceptors (Lipinski definition) is 8. The second kappa shape index (κ2) is 13.1. The number of carboxylic acid groups (broad SMARTS) is 1. The lowest BCUT2D eigenvalue weighted by atomic mass is 10.1. The van der Waals surface area contributed by atoms with Crippen molar-refractivity contribution in [2.75, 3.05) is 16.0 Å². The number of rotatable bonds is 8. The number of benzene rings is 1. The van der Waals surface area contributed by atoms with Crippen LogP contribution in [-0.4, -0.2) is 47.9 Å². The molecule has 16 heteroatoms. The summed E-state index contributed by atoms with van der Waals surface area (Å²) in [7, 11) is 1.78. The average molecular weight is 576 g/mol. The summed E-state index contributed by atoms with van der Waals surface area (Å²) in [5.74, 6) is -2.49. The van der Waals surface area contributed by atoms with Gasteiger partial charge in [-0.2, -0.15) is 23.3 Å². The van der Waals surface area contributed by atoms with E-state index in [-0.39, 0.29) is 17.4 Å². The average Bonchev–Trinajstić information content (AvgIpc) is 3.33. The Morgan fingerprint density at radius 3 is 2.37 bits per heavy atom. The van der Waals surface area contributed by atoms with Crippen molar-refractivity contribution in [3.63, 3.8) is 0 Å². The third-order valence-electron chi connectivity index (χ3n) is 4.89. The topological polar surface area (TPSA) is 147 Å². The van der Waals surface area contributed by atoms with Crippen molar-refractivity contribution < 1.29 is 36.6 Å². The summed E-state index contributed by atoms with van der Waals surface area (Å²) in [5, 5.41) is 20.1. The molecule has 4 N–H and O–H groups in total. The van der Waals surface area contributed by atoms with Gasteiger partial charge in [0.25, 0.3) is 6.43 Å². The number of nitrogens with zero attached hydrogens (tertiary/aromatic N) is 5. The van der Waals surface area contributed by atoms with E-state index in [2.05, 4.69) is 42.6 Å². The number of halogens is 5. The Kier molecular flexibility index (Phi) is 9.63. The Labute approximate surface area is 228 Å². The maximum atomic E-state index is 13.3. The van der Waals surface area contributed by atoms with Gasteiger partial charge >= 0.3 is 12.1 Å². The highest BCUT2D eigenvalue weighted by molar-refractivity contribution is 5.99. The number of carboxylic acids is 1. The minimum Gasteiger partial charge on any atom is -0.475 e. The molecule has 1 aromatic carbocycles. The number of aliphatic carboxylic acids is 1. The van der Waals surface area contributed by atoms with Gasteiger partial charge in [-0.05, 0) is 30.3 Å². The standard InChI is InChI=1S/C23H20F2N8O.C2HF3O2/c1-3-20(34)29-16-5-4-6-17(8-16)30-22-19(14-7-15(21(24)25)10-26-9-14)12-27-23(32-22)31-18-11-28-33(2)13-18;3-2(4,5)1(6)7/h3-13,21H,1H2,2H3,(H,29,34)(H2,27,30,31,32);(H,6,7). The number of carbonyl (C=O) groups excluding carboxylic acids is 1. The number of carbonyl (C=O) groups is 2. The van der Waals surface area contributed by atoms with E-state index in [4.69, 9.17) is 9.90 Å². The van der Waals surface area contributed by atoms with Crippen LogP contribution >= 0.6 is 0 Å². The smallest absolute Gasteiger partial charge is 0.475 e. The monoisotopic (exact) mass is 576 g/mol. The molecule has 0 saturated carbocycles. The van der Waals surface area contributed by atoms with Crippen LogP contribution in [0, 0.1) is 0 Å². The van der Waals surface area contributed by atoms with Gasteiger partial charge in [-0.1, -0.05) is 12.6 Å². The van der Waals surface area contributed by atoms with Gasteiger partial charge in [-0.25, -0.2) is 18.6 Å². The molecule has 41 heavy (non-hydrogen) atoms. The molecule has 3 aromatic heterocycles. The SMILES string of the molecule is C=CC(=O)Nc1cccc(Nc2nc(Nc3cnn(C)c3)ncc2-c2cncc(C(F)F)c2)c1.O=C(O)C(F)(F)F. The van der Waals surface area contributed by atoms with Gasteiger partial charge in [0.15, 0.2) is 0 Å². The molecule has 0 unspecified atom stereocenters. The maximum absolute atomic E-state index is 13.3. The van der Waals surface area contributed by atoms with E-state index in [0.717, 1.165) is 6.20 Å². The van der Waals surface area contributed by atoms with Crippen molar-refractivity contribution >= 4 is 40.7 Å². The van der Waals surface area contributed by atoms with Crippen LogP contribution in [0.4, 0.5) is 50.8 Å². The van der Waals surface area contributed by atoms with Crippen molar-refractivity contribution in [3.8, 4) is 11.1 Å². The molecule has 0 aliphatic carbocycles. The molecule has 11 nitrogen and oxygen atoms in total. The number of aryl methyl sites for hydroxylation is 1. The number of anilines is 5. The van der Waals surface area contributed by atoms with Gasteiger partial charge in [0.1, 0.15) is 5.82 Å². The fourth-order valence-electron chi connectivity index (χ4n) is 3.09. The van der Waals surface area contributed by atoms with Gasteiger partial charge in [0.05, 0.1) is 11.9 Å². The third-order valence-corrected chi connectivity index (χ3v) is 4.89. The molecule has 4 rings (SSSR count). The van der Waals surface area contributed by atoms with E-state index in [1.807, 2.05) is 0 Å². The van der Waals surface area contributed by atoms with Crippen LogP contribution in [0.3, 0.4) is 0 Å². The minimum atomic E-state index is -5.08. The highest BCUT2D eigenvalue weighted by Crippen LogP contribution is 2.32. The molecule has 1 amide bonds. The zero-order valence-electron chi connectivity index (χ0n) is 21.0. The Balaban J connectivity index is 0.000000587. The van der Waals surface area contributed by atoms with E-state index >= 15 is 0 Å². The highest BCUT2D eigenvalue weighted by Gasteiger charge is 2.38. The summed E-state index contributed by atoms with van der Waals surface area (Å²) in [4.78, 5) is 33.3. The number of hydrogen-bond donors (Lipinski definition) is 4. The number of amides is 1. The summed E-state index contributed by atoms with van der Waals surface area (Å²) in [5.41, 5.74) is 2.50. The zero-order valence-corrected chi connectivity index (χ0v) is 21.0. The molecule has 0 fully saturated rings. The fraction of sp³-hybridized carbons (Fsp3) is 0.120. The summed E-state index contributed by atoms with van der Waals surface area (Å²) in [6.07, 6.45) is 0.891. The van der Waals surface area contributed by atoms with E-state index in [1.54, 1.807) is 48.4 Å². The molecule has 3 heterocycles. The Morgan fingerprint density at radius 2 is 1.76 bits per heavy atom. The van der Waals surface area contributed by atoms with Gasteiger partial charge in [-0.15, -0.1) is 0 Å². The predicted molar refractivity (Wildman–Crippen MR) is 139 cm³/mol. The van der Waals surface area contributed by atoms with Gasteiger partial charge in [0, 0.05) is 59.9 Å².